The molecule has 2 saturated carbocycles. The van der Waals surface area contributed by atoms with Crippen LogP contribution >= 0.6 is 0 Å². The minimum atomic E-state index is -0.806. The van der Waals surface area contributed by atoms with Crippen LogP contribution in [-0.4, -0.2) is 86.5 Å². The largest absolute Gasteiger partial charge is 0.388 e. The van der Waals surface area contributed by atoms with Crippen LogP contribution in [0.1, 0.15) is 56.1 Å². The first kappa shape index (κ1) is 24.8. The maximum absolute atomic E-state index is 13.7. The van der Waals surface area contributed by atoms with E-state index in [4.69, 9.17) is 0 Å². The molecule has 5 rings (SSSR count). The van der Waals surface area contributed by atoms with E-state index in [9.17, 15) is 14.7 Å². The number of carbonyl (C=O) groups excluding carboxylic acids is 2. The zero-order valence-corrected chi connectivity index (χ0v) is 21.4. The first-order valence-corrected chi connectivity index (χ1v) is 13.0. The Balaban J connectivity index is 1.37. The van der Waals surface area contributed by atoms with Crippen molar-refractivity contribution in [3.05, 3.63) is 60.2 Å². The van der Waals surface area contributed by atoms with Crippen LogP contribution in [0.15, 0.2) is 49.1 Å². The molecule has 1 aromatic carbocycles. The number of β-amino-alcohol motifs (C(OH)–C–C–N with tert-alkyl or cyclic N) is 1. The van der Waals surface area contributed by atoms with E-state index in [1.54, 1.807) is 17.3 Å². The average molecular weight is 492 g/mol. The fourth-order valence-corrected chi connectivity index (χ4v) is 6.50. The van der Waals surface area contributed by atoms with Crippen LogP contribution in [0.2, 0.25) is 0 Å². The van der Waals surface area contributed by atoms with Crippen molar-refractivity contribution < 1.29 is 14.7 Å². The van der Waals surface area contributed by atoms with Gasteiger partial charge in [0.1, 0.15) is 6.33 Å². The molecule has 192 valence electrons. The van der Waals surface area contributed by atoms with Crippen LogP contribution in [0.4, 0.5) is 4.79 Å². The quantitative estimate of drug-likeness (QED) is 0.611. The van der Waals surface area contributed by atoms with Crippen molar-refractivity contribution in [3.63, 3.8) is 0 Å². The number of hydrogen-bond donors (Lipinski definition) is 1. The zero-order valence-electron chi connectivity index (χ0n) is 21.4. The van der Waals surface area contributed by atoms with Gasteiger partial charge < -0.3 is 14.9 Å². The second-order valence-corrected chi connectivity index (χ2v) is 11.3. The number of amides is 2. The predicted molar refractivity (Wildman–Crippen MR) is 136 cm³/mol. The summed E-state index contributed by atoms with van der Waals surface area (Å²) in [5, 5.41) is 11.0. The van der Waals surface area contributed by atoms with Gasteiger partial charge in [-0.3, -0.25) is 9.69 Å². The van der Waals surface area contributed by atoms with Crippen LogP contribution in [0.5, 0.6) is 0 Å². The standard InChI is InChI=1S/C28H37N5O3/c1-31(2)28(23-7-4-3-5-8-23)13-11-26(12-14-28)19-32(18-24(34)15-22-16-29-21-30-17-22)25(35)33(26)20-27(36)9-6-10-27/h3-5,7-8,16-17,21,36H,6,9-15,18-20H2,1-2H3. The van der Waals surface area contributed by atoms with Gasteiger partial charge in [-0.15, -0.1) is 0 Å². The highest BCUT2D eigenvalue weighted by atomic mass is 16.3. The summed E-state index contributed by atoms with van der Waals surface area (Å²) in [6.07, 6.45) is 10.9. The van der Waals surface area contributed by atoms with Crippen molar-refractivity contribution in [2.24, 2.45) is 0 Å². The SMILES string of the molecule is CN(C)C1(c2ccccc2)CCC2(CC1)CN(CC(=O)Cc1cncnc1)C(=O)N2CC1(O)CCC1. The molecular weight excluding hydrogens is 454 g/mol. The maximum atomic E-state index is 13.7. The molecule has 1 N–H and O–H groups in total. The number of carbonyl (C=O) groups is 2. The minimum absolute atomic E-state index is 0.0276. The molecule has 3 aliphatic rings. The number of hydrogen-bond acceptors (Lipinski definition) is 6. The van der Waals surface area contributed by atoms with Crippen molar-refractivity contribution in [1.82, 2.24) is 24.7 Å². The van der Waals surface area contributed by atoms with Gasteiger partial charge in [0.2, 0.25) is 0 Å². The Morgan fingerprint density at radius 3 is 2.28 bits per heavy atom. The summed E-state index contributed by atoms with van der Waals surface area (Å²) < 4.78 is 0. The molecule has 0 radical (unpaired) electrons. The van der Waals surface area contributed by atoms with E-state index in [1.807, 2.05) is 11.0 Å². The lowest BCUT2D eigenvalue weighted by Crippen LogP contribution is -2.59. The predicted octanol–water partition coefficient (Wildman–Crippen LogP) is 3.01. The fraction of sp³-hybridized carbons (Fsp3) is 0.571. The molecule has 36 heavy (non-hydrogen) atoms. The number of aromatic nitrogens is 2. The first-order valence-electron chi connectivity index (χ1n) is 13.0. The monoisotopic (exact) mass is 491 g/mol. The summed E-state index contributed by atoms with van der Waals surface area (Å²) >= 11 is 0. The van der Waals surface area contributed by atoms with Crippen molar-refractivity contribution in [2.75, 3.05) is 33.7 Å². The van der Waals surface area contributed by atoms with Crippen LogP contribution in [-0.2, 0) is 16.8 Å². The van der Waals surface area contributed by atoms with Gasteiger partial charge in [0, 0.05) is 30.9 Å². The summed E-state index contributed by atoms with van der Waals surface area (Å²) in [6, 6.07) is 10.5. The molecular formula is C28H37N5O3. The molecule has 3 fully saturated rings. The van der Waals surface area contributed by atoms with Gasteiger partial charge in [-0.25, -0.2) is 14.8 Å². The summed E-state index contributed by atoms with van der Waals surface area (Å²) in [6.45, 7) is 0.947. The van der Waals surface area contributed by atoms with E-state index in [0.29, 0.717) is 13.1 Å². The van der Waals surface area contributed by atoms with Crippen LogP contribution in [0, 0.1) is 0 Å². The van der Waals surface area contributed by atoms with E-state index in [-0.39, 0.29) is 35.9 Å². The molecule has 0 unspecified atom stereocenters. The summed E-state index contributed by atoms with van der Waals surface area (Å²) in [4.78, 5) is 40.5. The second-order valence-electron chi connectivity index (χ2n) is 11.3. The van der Waals surface area contributed by atoms with E-state index >= 15 is 0 Å². The Kier molecular flexibility index (Phi) is 6.59. The Hall–Kier alpha value is -2.84. The van der Waals surface area contributed by atoms with Crippen molar-refractivity contribution in [2.45, 2.75) is 68.0 Å². The van der Waals surface area contributed by atoms with Gasteiger partial charge in [-0.05, 0) is 70.2 Å². The summed E-state index contributed by atoms with van der Waals surface area (Å²) in [5.74, 6) is -0.0276. The number of Topliss-reactive ketones (excluding diaryl/α,β-unsaturated/α-hetero) is 1. The molecule has 2 heterocycles. The summed E-state index contributed by atoms with van der Waals surface area (Å²) in [7, 11) is 4.27. The van der Waals surface area contributed by atoms with Crippen molar-refractivity contribution >= 4 is 11.8 Å². The molecule has 1 saturated heterocycles. The topological polar surface area (TPSA) is 89.9 Å². The molecule has 2 amide bonds. The van der Waals surface area contributed by atoms with Gasteiger partial charge in [0.05, 0.1) is 24.2 Å². The normalized spacial score (nSPS) is 27.5. The van der Waals surface area contributed by atoms with Gasteiger partial charge in [-0.2, -0.15) is 0 Å². The number of nitrogens with zero attached hydrogens (tertiary/aromatic N) is 5. The molecule has 2 aromatic rings. The Morgan fingerprint density at radius 1 is 1.03 bits per heavy atom. The van der Waals surface area contributed by atoms with E-state index in [2.05, 4.69) is 53.2 Å². The van der Waals surface area contributed by atoms with Gasteiger partial charge >= 0.3 is 6.03 Å². The van der Waals surface area contributed by atoms with E-state index < -0.39 is 5.60 Å². The maximum Gasteiger partial charge on any atom is 0.321 e. The molecule has 0 atom stereocenters. The number of urea groups is 1. The van der Waals surface area contributed by atoms with Crippen molar-refractivity contribution in [3.8, 4) is 0 Å². The third-order valence-electron chi connectivity index (χ3n) is 8.85. The number of aliphatic hydroxyl groups is 1. The van der Waals surface area contributed by atoms with Gasteiger partial charge in [0.15, 0.2) is 5.78 Å². The van der Waals surface area contributed by atoms with Crippen molar-refractivity contribution in [1.29, 1.82) is 0 Å². The average Bonchev–Trinajstić information content (AvgIpc) is 3.09. The smallest absolute Gasteiger partial charge is 0.321 e. The Morgan fingerprint density at radius 2 is 1.69 bits per heavy atom. The molecule has 1 aliphatic heterocycles. The first-order chi connectivity index (χ1) is 17.3. The molecule has 1 aromatic heterocycles. The second kappa shape index (κ2) is 9.56. The molecule has 2 aliphatic carbocycles. The Bertz CT molecular complexity index is 1080. The van der Waals surface area contributed by atoms with E-state index in [0.717, 1.165) is 50.5 Å². The zero-order chi connectivity index (χ0) is 25.4. The highest BCUT2D eigenvalue weighted by Gasteiger charge is 2.56. The third kappa shape index (κ3) is 4.52. The van der Waals surface area contributed by atoms with Crippen LogP contribution < -0.4 is 0 Å². The molecule has 0 bridgehead atoms. The van der Waals surface area contributed by atoms with Crippen LogP contribution in [0.25, 0.3) is 0 Å². The lowest BCUT2D eigenvalue weighted by molar-refractivity contribution is -0.119. The number of ketones is 1. The highest BCUT2D eigenvalue weighted by molar-refractivity contribution is 5.88. The molecule has 1 spiro atoms. The highest BCUT2D eigenvalue weighted by Crippen LogP contribution is 2.50. The lowest BCUT2D eigenvalue weighted by Gasteiger charge is -2.52. The van der Waals surface area contributed by atoms with Crippen LogP contribution in [0.3, 0.4) is 0 Å². The van der Waals surface area contributed by atoms with Gasteiger partial charge in [0.25, 0.3) is 0 Å². The summed E-state index contributed by atoms with van der Waals surface area (Å²) in [5.41, 5.74) is 0.786. The lowest BCUT2D eigenvalue weighted by atomic mass is 9.67. The van der Waals surface area contributed by atoms with Gasteiger partial charge in [-0.1, -0.05) is 30.3 Å². The molecule has 8 heteroatoms. The number of benzene rings is 1. The fourth-order valence-electron chi connectivity index (χ4n) is 6.50. The molecule has 8 nitrogen and oxygen atoms in total. The number of rotatable bonds is 8. The van der Waals surface area contributed by atoms with E-state index in [1.165, 1.54) is 11.9 Å². The Labute approximate surface area is 213 Å². The minimum Gasteiger partial charge on any atom is -0.388 e. The third-order valence-corrected chi connectivity index (χ3v) is 8.85.